The number of nitrogens with zero attached hydrogens (tertiary/aromatic N) is 2. The molecule has 3 rings (SSSR count). The quantitative estimate of drug-likeness (QED) is 0.623. The topological polar surface area (TPSA) is 65.4 Å². The second-order valence-electron chi connectivity index (χ2n) is 7.38. The van der Waals surface area contributed by atoms with Gasteiger partial charge in [-0.3, -0.25) is 4.79 Å². The molecule has 158 valence electrons. The van der Waals surface area contributed by atoms with Crippen molar-refractivity contribution in [3.63, 3.8) is 0 Å². The van der Waals surface area contributed by atoms with E-state index in [9.17, 15) is 9.18 Å². The molecule has 30 heavy (non-hydrogen) atoms. The molecule has 1 N–H and O–H groups in total. The van der Waals surface area contributed by atoms with Crippen LogP contribution in [0.4, 0.5) is 4.39 Å². The summed E-state index contributed by atoms with van der Waals surface area (Å²) < 4.78 is 25.7. The number of carbonyl (C=O) groups is 1. The number of hydrogen-bond acceptors (Lipinski definition) is 4. The monoisotopic (exact) mass is 411 g/mol. The highest BCUT2D eigenvalue weighted by molar-refractivity contribution is 5.94. The van der Waals surface area contributed by atoms with Gasteiger partial charge < -0.3 is 14.8 Å². The molecule has 1 heterocycles. The van der Waals surface area contributed by atoms with Crippen molar-refractivity contribution < 1.29 is 18.7 Å². The summed E-state index contributed by atoms with van der Waals surface area (Å²) in [4.78, 5) is 13.0. The summed E-state index contributed by atoms with van der Waals surface area (Å²) in [5, 5.41) is 7.63. The molecule has 0 saturated carbocycles. The van der Waals surface area contributed by atoms with Gasteiger partial charge in [0, 0.05) is 17.7 Å². The fourth-order valence-electron chi connectivity index (χ4n) is 2.91. The van der Waals surface area contributed by atoms with Crippen LogP contribution in [0.25, 0.3) is 16.9 Å². The van der Waals surface area contributed by atoms with Gasteiger partial charge in [0.25, 0.3) is 5.91 Å². The number of methoxy groups -OCH3 is 2. The second kappa shape index (κ2) is 8.98. The van der Waals surface area contributed by atoms with Crippen LogP contribution in [0.3, 0.4) is 0 Å². The molecular weight excluding hydrogens is 385 g/mol. The van der Waals surface area contributed by atoms with E-state index in [0.717, 1.165) is 0 Å². The van der Waals surface area contributed by atoms with Crippen LogP contribution in [0, 0.1) is 11.7 Å². The van der Waals surface area contributed by atoms with Crippen LogP contribution >= 0.6 is 0 Å². The standard InChI is InChI=1S/C23H26FN3O3/c1-14(2)15(3)25-23(28)21-13-20(19-11-10-18(29-4)12-22(19)30-5)26-27(21)17-8-6-16(24)7-9-17/h6-15H,1-5H3,(H,25,28). The molecule has 6 nitrogen and oxygen atoms in total. The third kappa shape index (κ3) is 4.45. The largest absolute Gasteiger partial charge is 0.497 e. The number of amides is 1. The van der Waals surface area contributed by atoms with Gasteiger partial charge in [0.15, 0.2) is 0 Å². The number of aromatic nitrogens is 2. The molecule has 0 saturated heterocycles. The highest BCUT2D eigenvalue weighted by Gasteiger charge is 2.21. The van der Waals surface area contributed by atoms with E-state index in [1.54, 1.807) is 44.6 Å². The Morgan fingerprint density at radius 3 is 2.33 bits per heavy atom. The third-order valence-corrected chi connectivity index (χ3v) is 5.06. The van der Waals surface area contributed by atoms with Gasteiger partial charge in [-0.1, -0.05) is 13.8 Å². The molecule has 0 aliphatic carbocycles. The summed E-state index contributed by atoms with van der Waals surface area (Å²) >= 11 is 0. The summed E-state index contributed by atoms with van der Waals surface area (Å²) in [6.07, 6.45) is 0. The van der Waals surface area contributed by atoms with E-state index in [1.807, 2.05) is 26.8 Å². The number of carbonyl (C=O) groups excluding carboxylic acids is 1. The Labute approximate surface area is 175 Å². The fraction of sp³-hybridized carbons (Fsp3) is 0.304. The van der Waals surface area contributed by atoms with E-state index in [0.29, 0.717) is 34.1 Å². The molecule has 1 atom stereocenters. The molecule has 0 radical (unpaired) electrons. The van der Waals surface area contributed by atoms with Crippen LogP contribution in [0.15, 0.2) is 48.5 Å². The molecule has 1 unspecified atom stereocenters. The minimum Gasteiger partial charge on any atom is -0.497 e. The van der Waals surface area contributed by atoms with Crippen LogP contribution in [-0.4, -0.2) is 35.9 Å². The summed E-state index contributed by atoms with van der Waals surface area (Å²) in [5.74, 6) is 0.879. The zero-order valence-electron chi connectivity index (χ0n) is 17.8. The average Bonchev–Trinajstić information content (AvgIpc) is 3.19. The molecule has 0 aliphatic heterocycles. The summed E-state index contributed by atoms with van der Waals surface area (Å²) in [6.45, 7) is 6.03. The lowest BCUT2D eigenvalue weighted by molar-refractivity contribution is 0.0922. The SMILES string of the molecule is COc1ccc(-c2cc(C(=O)NC(C)C(C)C)n(-c3ccc(F)cc3)n2)c(OC)c1. The van der Waals surface area contributed by atoms with E-state index in [2.05, 4.69) is 10.4 Å². The fourth-order valence-corrected chi connectivity index (χ4v) is 2.91. The first-order valence-electron chi connectivity index (χ1n) is 9.73. The van der Waals surface area contributed by atoms with E-state index in [4.69, 9.17) is 9.47 Å². The lowest BCUT2D eigenvalue weighted by atomic mass is 10.1. The number of nitrogens with one attached hydrogen (secondary N) is 1. The van der Waals surface area contributed by atoms with Crippen molar-refractivity contribution in [3.05, 3.63) is 60.0 Å². The molecule has 0 fully saturated rings. The molecule has 1 amide bonds. The highest BCUT2D eigenvalue weighted by Crippen LogP contribution is 2.33. The van der Waals surface area contributed by atoms with E-state index in [-0.39, 0.29) is 23.7 Å². The Kier molecular flexibility index (Phi) is 6.40. The average molecular weight is 411 g/mol. The molecule has 0 bridgehead atoms. The summed E-state index contributed by atoms with van der Waals surface area (Å²) in [6, 6.07) is 12.9. The smallest absolute Gasteiger partial charge is 0.270 e. The molecule has 3 aromatic rings. The maximum Gasteiger partial charge on any atom is 0.270 e. The van der Waals surface area contributed by atoms with Crippen LogP contribution in [0.2, 0.25) is 0 Å². The molecule has 2 aromatic carbocycles. The van der Waals surface area contributed by atoms with Gasteiger partial charge in [0.1, 0.15) is 23.0 Å². The van der Waals surface area contributed by atoms with Crippen molar-refractivity contribution in [1.82, 2.24) is 15.1 Å². The number of ether oxygens (including phenoxy) is 2. The Hall–Kier alpha value is -3.35. The number of halogens is 1. The van der Waals surface area contributed by atoms with E-state index < -0.39 is 0 Å². The predicted octanol–water partition coefficient (Wildman–Crippen LogP) is 4.47. The van der Waals surface area contributed by atoms with Crippen molar-refractivity contribution in [2.75, 3.05) is 14.2 Å². The van der Waals surface area contributed by atoms with Gasteiger partial charge in [0.2, 0.25) is 0 Å². The molecular formula is C23H26FN3O3. The minimum absolute atomic E-state index is 0.0203. The van der Waals surface area contributed by atoms with Crippen molar-refractivity contribution in [2.45, 2.75) is 26.8 Å². The highest BCUT2D eigenvalue weighted by atomic mass is 19.1. The number of benzene rings is 2. The van der Waals surface area contributed by atoms with Gasteiger partial charge >= 0.3 is 0 Å². The van der Waals surface area contributed by atoms with Gasteiger partial charge in [-0.05, 0) is 55.3 Å². The lowest BCUT2D eigenvalue weighted by Crippen LogP contribution is -2.37. The van der Waals surface area contributed by atoms with E-state index >= 15 is 0 Å². The molecule has 0 aliphatic rings. The second-order valence-corrected chi connectivity index (χ2v) is 7.38. The Morgan fingerprint density at radius 2 is 1.73 bits per heavy atom. The molecule has 1 aromatic heterocycles. The zero-order valence-corrected chi connectivity index (χ0v) is 17.8. The normalized spacial score (nSPS) is 12.0. The lowest BCUT2D eigenvalue weighted by Gasteiger charge is -2.17. The van der Waals surface area contributed by atoms with Crippen molar-refractivity contribution in [1.29, 1.82) is 0 Å². The zero-order chi connectivity index (χ0) is 21.8. The summed E-state index contributed by atoms with van der Waals surface area (Å²) in [7, 11) is 3.14. The summed E-state index contributed by atoms with van der Waals surface area (Å²) in [5.41, 5.74) is 2.20. The van der Waals surface area contributed by atoms with Gasteiger partial charge in [-0.15, -0.1) is 0 Å². The molecule has 7 heteroatoms. The maximum atomic E-state index is 13.4. The van der Waals surface area contributed by atoms with Crippen LogP contribution in [0.5, 0.6) is 11.5 Å². The Morgan fingerprint density at radius 1 is 1.03 bits per heavy atom. The van der Waals surface area contributed by atoms with E-state index in [1.165, 1.54) is 16.8 Å². The van der Waals surface area contributed by atoms with Crippen molar-refractivity contribution in [2.24, 2.45) is 5.92 Å². The Bertz CT molecular complexity index is 1030. The first-order valence-corrected chi connectivity index (χ1v) is 9.73. The van der Waals surface area contributed by atoms with Crippen LogP contribution in [0.1, 0.15) is 31.3 Å². The van der Waals surface area contributed by atoms with Crippen LogP contribution < -0.4 is 14.8 Å². The van der Waals surface area contributed by atoms with Gasteiger partial charge in [-0.2, -0.15) is 5.10 Å². The van der Waals surface area contributed by atoms with Gasteiger partial charge in [0.05, 0.1) is 25.6 Å². The molecule has 0 spiro atoms. The Balaban J connectivity index is 2.10. The van der Waals surface area contributed by atoms with Gasteiger partial charge in [-0.25, -0.2) is 9.07 Å². The first-order chi connectivity index (χ1) is 14.3. The predicted molar refractivity (Wildman–Crippen MR) is 114 cm³/mol. The van der Waals surface area contributed by atoms with Crippen LogP contribution in [-0.2, 0) is 0 Å². The maximum absolute atomic E-state index is 13.4. The number of rotatable bonds is 7. The number of hydrogen-bond donors (Lipinski definition) is 1. The third-order valence-electron chi connectivity index (χ3n) is 5.06. The van der Waals surface area contributed by atoms with Crippen molar-refractivity contribution in [3.8, 4) is 28.4 Å². The first kappa shape index (κ1) is 21.4. The van der Waals surface area contributed by atoms with Crippen molar-refractivity contribution >= 4 is 5.91 Å². The minimum atomic E-state index is -0.359.